The second kappa shape index (κ2) is 2.77. The van der Waals surface area contributed by atoms with Gasteiger partial charge in [0, 0.05) is 6.42 Å². The fourth-order valence-corrected chi connectivity index (χ4v) is 0.638. The summed E-state index contributed by atoms with van der Waals surface area (Å²) in [5.41, 5.74) is 0. The van der Waals surface area contributed by atoms with E-state index >= 15 is 0 Å². The van der Waals surface area contributed by atoms with Crippen molar-refractivity contribution in [3.8, 4) is 0 Å². The highest BCUT2D eigenvalue weighted by molar-refractivity contribution is 7.96. The van der Waals surface area contributed by atoms with Gasteiger partial charge in [-0.25, -0.2) is 4.99 Å². The molecule has 0 aromatic rings. The monoisotopic (exact) mass is 140 g/mol. The van der Waals surface area contributed by atoms with Gasteiger partial charge in [0.25, 0.3) is 0 Å². The normalized spacial score (nSPS) is 18.1. The molecule has 0 N–H and O–H groups in total. The Morgan fingerprint density at radius 1 is 1.56 bits per heavy atom. The van der Waals surface area contributed by atoms with E-state index in [2.05, 4.69) is 34.4 Å². The van der Waals surface area contributed by atoms with Crippen LogP contribution in [0.2, 0.25) is 0 Å². The maximum Gasteiger partial charge on any atom is 0.224 e. The molecule has 0 aromatic heterocycles. The Kier molecular flexibility index (Phi) is 2.00. The number of hydrogen-bond donors (Lipinski definition) is 1. The van der Waals surface area contributed by atoms with Gasteiger partial charge in [-0.1, -0.05) is 6.08 Å². The van der Waals surface area contributed by atoms with Crippen LogP contribution in [0.4, 0.5) is 0 Å². The van der Waals surface area contributed by atoms with Crippen molar-refractivity contribution in [2.45, 2.75) is 6.42 Å². The minimum Gasteiger partial charge on any atom is -0.222 e. The van der Waals surface area contributed by atoms with E-state index in [-0.39, 0.29) is 0 Å². The van der Waals surface area contributed by atoms with Crippen LogP contribution < -0.4 is 0 Å². The number of amidine groups is 1. The first-order valence-electron chi connectivity index (χ1n) is 2.49. The second-order valence-electron chi connectivity index (χ2n) is 1.52. The summed E-state index contributed by atoms with van der Waals surface area (Å²) in [7, 11) is 0. The molecule has 1 aliphatic heterocycles. The van der Waals surface area contributed by atoms with Crippen molar-refractivity contribution in [2.24, 2.45) is 15.2 Å². The van der Waals surface area contributed by atoms with E-state index in [1.807, 2.05) is 0 Å². The zero-order valence-corrected chi connectivity index (χ0v) is 5.67. The highest BCUT2D eigenvalue weighted by Crippen LogP contribution is 2.18. The molecule has 0 bridgehead atoms. The molecule has 0 fully saturated rings. The van der Waals surface area contributed by atoms with Gasteiger partial charge < -0.3 is 0 Å². The Hall–Kier alpha value is -0.640. The average molecular weight is 140 g/mol. The summed E-state index contributed by atoms with van der Waals surface area (Å²) >= 11 is 3.88. The van der Waals surface area contributed by atoms with Crippen LogP contribution in [0.3, 0.4) is 0 Å². The number of azo groups is 1. The lowest BCUT2D eigenvalue weighted by molar-refractivity contribution is 0.905. The van der Waals surface area contributed by atoms with Gasteiger partial charge in [0.05, 0.1) is 0 Å². The molecule has 0 atom stereocenters. The summed E-state index contributed by atoms with van der Waals surface area (Å²) in [6, 6.07) is 0. The second-order valence-corrected chi connectivity index (χ2v) is 1.92. The Labute approximate surface area is 59.0 Å². The minimum absolute atomic E-state index is 0.423. The molecule has 47 valence electrons. The third-order valence-electron chi connectivity index (χ3n) is 0.811. The van der Waals surface area contributed by atoms with Crippen molar-refractivity contribution in [2.75, 3.05) is 0 Å². The molecule has 0 amide bonds. The van der Waals surface area contributed by atoms with E-state index in [9.17, 15) is 0 Å². The fourth-order valence-electron chi connectivity index (χ4n) is 0.478. The third-order valence-corrected chi connectivity index (χ3v) is 1.00. The maximum absolute atomic E-state index is 3.88. The average Bonchev–Trinajstić information content (AvgIpc) is 2.17. The lowest BCUT2D eigenvalue weighted by Crippen LogP contribution is -1.81. The molecule has 0 saturated carbocycles. The molecule has 1 heterocycles. The number of thiol groups is 1. The molecular weight excluding hydrogens is 134 g/mol. The van der Waals surface area contributed by atoms with E-state index in [0.717, 1.165) is 0 Å². The first kappa shape index (κ1) is 6.48. The van der Waals surface area contributed by atoms with E-state index < -0.39 is 0 Å². The Morgan fingerprint density at radius 2 is 2.33 bits per heavy atom. The van der Waals surface area contributed by atoms with Crippen molar-refractivity contribution in [3.63, 3.8) is 0 Å². The van der Waals surface area contributed by atoms with Gasteiger partial charge in [0.1, 0.15) is 0 Å². The molecule has 1 aliphatic rings. The third kappa shape index (κ3) is 1.64. The predicted octanol–water partition coefficient (Wildman–Crippen LogP) is 1.80. The van der Waals surface area contributed by atoms with E-state index in [1.54, 1.807) is 6.08 Å². The molecule has 3 nitrogen and oxygen atoms in total. The van der Waals surface area contributed by atoms with Crippen LogP contribution in [0.5, 0.6) is 0 Å². The summed E-state index contributed by atoms with van der Waals surface area (Å²) in [5, 5.41) is 7.71. The summed E-state index contributed by atoms with van der Waals surface area (Å²) in [6.07, 6.45) is 3.06. The predicted molar refractivity (Wildman–Crippen MR) is 39.3 cm³/mol. The maximum atomic E-state index is 3.88. The fraction of sp³-hybridized carbons (Fsp3) is 0.200. The smallest absolute Gasteiger partial charge is 0.222 e. The molecule has 0 unspecified atom stereocenters. The SMILES string of the molecule is C=CC[C]1N=NC(S)=N1. The van der Waals surface area contributed by atoms with E-state index in [4.69, 9.17) is 0 Å². The Morgan fingerprint density at radius 3 is 2.78 bits per heavy atom. The first-order chi connectivity index (χ1) is 4.33. The highest BCUT2D eigenvalue weighted by Gasteiger charge is 2.10. The highest BCUT2D eigenvalue weighted by atomic mass is 32.1. The van der Waals surface area contributed by atoms with Gasteiger partial charge in [-0.2, -0.15) is 5.11 Å². The number of rotatable bonds is 2. The van der Waals surface area contributed by atoms with Crippen molar-refractivity contribution in [1.82, 2.24) is 0 Å². The first-order valence-corrected chi connectivity index (χ1v) is 2.94. The van der Waals surface area contributed by atoms with Gasteiger partial charge in [-0.3, -0.25) is 0 Å². The molecular formula is C5H6N3S. The number of aliphatic imine (C=N–C) groups is 1. The van der Waals surface area contributed by atoms with Crippen molar-refractivity contribution in [1.29, 1.82) is 0 Å². The Balaban J connectivity index is 2.48. The topological polar surface area (TPSA) is 37.1 Å². The number of nitrogens with zero attached hydrogens (tertiary/aromatic N) is 3. The van der Waals surface area contributed by atoms with E-state index in [1.165, 1.54) is 0 Å². The van der Waals surface area contributed by atoms with Gasteiger partial charge in [0.2, 0.25) is 11.3 Å². The van der Waals surface area contributed by atoms with E-state index in [0.29, 0.717) is 17.8 Å². The summed E-state index contributed by atoms with van der Waals surface area (Å²) in [4.78, 5) is 3.87. The van der Waals surface area contributed by atoms with Crippen LogP contribution in [-0.4, -0.2) is 5.17 Å². The lowest BCUT2D eigenvalue weighted by Gasteiger charge is -1.89. The van der Waals surface area contributed by atoms with Crippen molar-refractivity contribution < 1.29 is 0 Å². The Bertz CT molecular complexity index is 173. The van der Waals surface area contributed by atoms with Crippen LogP contribution in [0.1, 0.15) is 6.42 Å². The van der Waals surface area contributed by atoms with Crippen LogP contribution in [0.25, 0.3) is 0 Å². The van der Waals surface area contributed by atoms with Gasteiger partial charge >= 0.3 is 0 Å². The zero-order valence-electron chi connectivity index (χ0n) is 4.78. The summed E-state index contributed by atoms with van der Waals surface area (Å²) < 4.78 is 0. The molecule has 9 heavy (non-hydrogen) atoms. The molecule has 0 aliphatic carbocycles. The molecule has 0 spiro atoms. The summed E-state index contributed by atoms with van der Waals surface area (Å²) in [6.45, 7) is 3.53. The van der Waals surface area contributed by atoms with Gasteiger partial charge in [0.15, 0.2) is 0 Å². The van der Waals surface area contributed by atoms with Crippen LogP contribution >= 0.6 is 12.6 Å². The molecule has 1 radical (unpaired) electrons. The van der Waals surface area contributed by atoms with Crippen LogP contribution in [-0.2, 0) is 0 Å². The van der Waals surface area contributed by atoms with Gasteiger partial charge in [-0.15, -0.1) is 24.3 Å². The van der Waals surface area contributed by atoms with Gasteiger partial charge in [-0.05, 0) is 0 Å². The molecule has 0 aromatic carbocycles. The molecule has 1 rings (SSSR count). The molecule has 0 saturated heterocycles. The minimum atomic E-state index is 0.423. The standard InChI is InChI=1S/C5H6N3S/c1-2-3-4-6-5(9)8-7-4/h2H,1,3H2,(H,6,9). The lowest BCUT2D eigenvalue weighted by atomic mass is 10.4. The van der Waals surface area contributed by atoms with Crippen molar-refractivity contribution in [3.05, 3.63) is 18.8 Å². The van der Waals surface area contributed by atoms with Crippen LogP contribution in [0.15, 0.2) is 27.9 Å². The largest absolute Gasteiger partial charge is 0.224 e. The van der Waals surface area contributed by atoms with Crippen LogP contribution in [0, 0.1) is 6.17 Å². The summed E-state index contributed by atoms with van der Waals surface area (Å²) in [5.74, 6) is 0. The molecule has 4 heteroatoms. The van der Waals surface area contributed by atoms with Crippen molar-refractivity contribution >= 4 is 17.8 Å². The zero-order chi connectivity index (χ0) is 6.69. The number of hydrogen-bond acceptors (Lipinski definition) is 3. The quantitative estimate of drug-likeness (QED) is 0.448.